The molecule has 3 atom stereocenters. The number of nitrogens with one attached hydrogen (secondary N) is 2. The normalized spacial score (nSPS) is 21.3. The molecule has 3 aliphatic rings. The molecular formula is C33H34ClN9O4. The van der Waals surface area contributed by atoms with Crippen molar-refractivity contribution in [2.24, 2.45) is 13.0 Å². The number of carbonyl (C=O) groups excluding carboxylic acids is 4. The average Bonchev–Trinajstić information content (AvgIpc) is 3.52. The van der Waals surface area contributed by atoms with Crippen LogP contribution in [0.15, 0.2) is 42.6 Å². The highest BCUT2D eigenvalue weighted by molar-refractivity contribution is 6.33. The van der Waals surface area contributed by atoms with E-state index in [1.165, 1.54) is 0 Å². The highest BCUT2D eigenvalue weighted by atomic mass is 35.5. The fraction of sp³-hybridized carbons (Fsp3) is 0.364. The summed E-state index contributed by atoms with van der Waals surface area (Å²) in [6.45, 7) is 2.40. The van der Waals surface area contributed by atoms with Crippen LogP contribution < -0.4 is 25.3 Å². The van der Waals surface area contributed by atoms with Gasteiger partial charge in [-0.2, -0.15) is 10.1 Å². The molecule has 3 aliphatic heterocycles. The summed E-state index contributed by atoms with van der Waals surface area (Å²) in [5, 5.41) is 11.5. The Labute approximate surface area is 275 Å². The molecule has 1 unspecified atom stereocenters. The molecule has 2 aromatic heterocycles. The predicted molar refractivity (Wildman–Crippen MR) is 178 cm³/mol. The topological polar surface area (TPSA) is 146 Å². The highest BCUT2D eigenvalue weighted by Gasteiger charge is 2.38. The first kappa shape index (κ1) is 30.6. The van der Waals surface area contributed by atoms with Crippen LogP contribution >= 0.6 is 11.6 Å². The Balaban J connectivity index is 1.07. The fourth-order valence-corrected chi connectivity index (χ4v) is 7.06. The number of carbonyl (C=O) groups is 4. The number of fused-ring (bicyclic) bond motifs is 2. The van der Waals surface area contributed by atoms with Crippen LogP contribution in [0.3, 0.4) is 0 Å². The molecule has 47 heavy (non-hydrogen) atoms. The van der Waals surface area contributed by atoms with Crippen LogP contribution in [0.2, 0.25) is 5.02 Å². The molecule has 2 fully saturated rings. The van der Waals surface area contributed by atoms with E-state index in [2.05, 4.69) is 20.7 Å². The maximum absolute atomic E-state index is 13.8. The van der Waals surface area contributed by atoms with Crippen LogP contribution in [0, 0.1) is 5.92 Å². The first-order valence-electron chi connectivity index (χ1n) is 15.5. The van der Waals surface area contributed by atoms with Crippen LogP contribution in [-0.4, -0.2) is 70.1 Å². The van der Waals surface area contributed by atoms with Crippen molar-refractivity contribution in [1.29, 1.82) is 0 Å². The molecule has 0 spiro atoms. The summed E-state index contributed by atoms with van der Waals surface area (Å²) in [5.41, 5.74) is 4.77. The number of anilines is 5. The number of imide groups is 1. The Bertz CT molecular complexity index is 1980. The van der Waals surface area contributed by atoms with E-state index in [4.69, 9.17) is 16.6 Å². The smallest absolute Gasteiger partial charge is 0.235 e. The van der Waals surface area contributed by atoms with Crippen molar-refractivity contribution in [1.82, 2.24) is 25.1 Å². The van der Waals surface area contributed by atoms with Gasteiger partial charge in [0.2, 0.25) is 29.6 Å². The van der Waals surface area contributed by atoms with E-state index in [0.29, 0.717) is 48.3 Å². The molecule has 2 N–H and O–H groups in total. The molecule has 4 amide bonds. The molecule has 4 aromatic rings. The van der Waals surface area contributed by atoms with E-state index >= 15 is 0 Å². The third-order valence-electron chi connectivity index (χ3n) is 9.59. The van der Waals surface area contributed by atoms with E-state index in [1.807, 2.05) is 62.3 Å². The second-order valence-corrected chi connectivity index (χ2v) is 12.8. The van der Waals surface area contributed by atoms with Crippen molar-refractivity contribution in [2.45, 2.75) is 44.6 Å². The van der Waals surface area contributed by atoms with Crippen molar-refractivity contribution in [3.05, 3.63) is 58.9 Å². The van der Waals surface area contributed by atoms with E-state index < -0.39 is 5.92 Å². The lowest BCUT2D eigenvalue weighted by Gasteiger charge is -2.40. The van der Waals surface area contributed by atoms with Crippen molar-refractivity contribution in [2.75, 3.05) is 40.7 Å². The van der Waals surface area contributed by atoms with Crippen LogP contribution in [0.4, 0.5) is 28.8 Å². The van der Waals surface area contributed by atoms with Gasteiger partial charge in [-0.15, -0.1) is 0 Å². The number of halogens is 1. The number of aromatic nitrogens is 4. The van der Waals surface area contributed by atoms with Gasteiger partial charge in [0.15, 0.2) is 5.82 Å². The lowest BCUT2D eigenvalue weighted by atomic mass is 9.91. The Morgan fingerprint density at radius 2 is 1.87 bits per heavy atom. The van der Waals surface area contributed by atoms with Crippen LogP contribution in [0.25, 0.3) is 10.9 Å². The zero-order valence-electron chi connectivity index (χ0n) is 26.5. The molecule has 2 saturated heterocycles. The van der Waals surface area contributed by atoms with Gasteiger partial charge < -0.3 is 20.0 Å². The Kier molecular flexibility index (Phi) is 7.58. The quantitative estimate of drug-likeness (QED) is 0.297. The SMILES string of the molecule is C[C@@H]1C(=O)N(c2ccc3c(C4CCC(=O)NC4=O)nn(C)c3c2)CC[C@H]1N(C)c1ncc(Cl)c(Nc2ccc3c(c2)CC(=O)N3C)n1. The number of likely N-dealkylation sites (N-methyl/N-ethyl adjacent to an activating group) is 1. The zero-order valence-corrected chi connectivity index (χ0v) is 27.2. The lowest BCUT2D eigenvalue weighted by Crippen LogP contribution is -2.53. The summed E-state index contributed by atoms with van der Waals surface area (Å²) in [4.78, 5) is 64.7. The van der Waals surface area contributed by atoms with Gasteiger partial charge in [0.25, 0.3) is 0 Å². The van der Waals surface area contributed by atoms with Crippen LogP contribution in [0.1, 0.15) is 43.4 Å². The molecule has 242 valence electrons. The van der Waals surface area contributed by atoms with E-state index in [9.17, 15) is 19.2 Å². The number of amides is 4. The van der Waals surface area contributed by atoms with Crippen molar-refractivity contribution >= 4 is 75.0 Å². The minimum atomic E-state index is -0.498. The molecule has 0 saturated carbocycles. The molecule has 14 heteroatoms. The summed E-state index contributed by atoms with van der Waals surface area (Å²) in [6.07, 6.45) is 3.25. The monoisotopic (exact) mass is 655 g/mol. The summed E-state index contributed by atoms with van der Waals surface area (Å²) in [7, 11) is 5.46. The minimum Gasteiger partial charge on any atom is -0.340 e. The number of piperidine rings is 2. The van der Waals surface area contributed by atoms with Gasteiger partial charge >= 0.3 is 0 Å². The average molecular weight is 656 g/mol. The van der Waals surface area contributed by atoms with Gasteiger partial charge in [0.1, 0.15) is 5.02 Å². The lowest BCUT2D eigenvalue weighted by molar-refractivity contribution is -0.134. The van der Waals surface area contributed by atoms with E-state index in [-0.39, 0.29) is 42.0 Å². The van der Waals surface area contributed by atoms with Gasteiger partial charge in [-0.25, -0.2) is 4.98 Å². The maximum Gasteiger partial charge on any atom is 0.235 e. The minimum absolute atomic E-state index is 0.0232. The second kappa shape index (κ2) is 11.6. The number of benzene rings is 2. The fourth-order valence-electron chi connectivity index (χ4n) is 6.92. The first-order valence-corrected chi connectivity index (χ1v) is 15.9. The molecule has 13 nitrogen and oxygen atoms in total. The van der Waals surface area contributed by atoms with Crippen molar-refractivity contribution < 1.29 is 19.2 Å². The van der Waals surface area contributed by atoms with E-state index in [1.54, 1.807) is 27.7 Å². The first-order chi connectivity index (χ1) is 22.5. The third-order valence-corrected chi connectivity index (χ3v) is 9.87. The molecule has 5 heterocycles. The predicted octanol–water partition coefficient (Wildman–Crippen LogP) is 3.68. The third kappa shape index (κ3) is 5.33. The number of hydrogen-bond donors (Lipinski definition) is 2. The molecule has 0 bridgehead atoms. The summed E-state index contributed by atoms with van der Waals surface area (Å²) >= 11 is 6.48. The molecule has 7 rings (SSSR count). The second-order valence-electron chi connectivity index (χ2n) is 12.4. The standard InChI is InChI=1S/C33H34ClN9O4/c1-17-24(41(3)33-35-16-23(34)30(38-33)36-19-5-9-25-18(13-19)14-28(45)40(25)2)11-12-43(32(17)47)20-6-7-21-26(15-20)42(4)39-29(21)22-8-10-27(44)37-31(22)46/h5-7,9,13,15-17,22,24H,8,10-12,14H2,1-4H3,(H,35,36,38)(H,37,44,46)/t17-,22?,24+/m0/s1. The molecular weight excluding hydrogens is 622 g/mol. The summed E-state index contributed by atoms with van der Waals surface area (Å²) < 4.78 is 1.72. The Morgan fingerprint density at radius 1 is 1.06 bits per heavy atom. The number of hydrogen-bond acceptors (Lipinski definition) is 9. The van der Waals surface area contributed by atoms with Gasteiger partial charge in [-0.05, 0) is 54.8 Å². The maximum atomic E-state index is 13.8. The summed E-state index contributed by atoms with van der Waals surface area (Å²) in [6, 6.07) is 11.3. The Hall–Kier alpha value is -5.04. The highest BCUT2D eigenvalue weighted by Crippen LogP contribution is 2.36. The van der Waals surface area contributed by atoms with Crippen molar-refractivity contribution in [3.8, 4) is 0 Å². The van der Waals surface area contributed by atoms with Gasteiger partial charge in [-0.1, -0.05) is 18.5 Å². The largest absolute Gasteiger partial charge is 0.340 e. The van der Waals surface area contributed by atoms with Gasteiger partial charge in [0.05, 0.1) is 35.7 Å². The van der Waals surface area contributed by atoms with Crippen LogP contribution in [-0.2, 0) is 32.6 Å². The number of rotatable bonds is 6. The summed E-state index contributed by atoms with van der Waals surface area (Å²) in [5.74, 6) is -0.571. The van der Waals surface area contributed by atoms with Crippen LogP contribution in [0.5, 0.6) is 0 Å². The number of aryl methyl sites for hydroxylation is 1. The van der Waals surface area contributed by atoms with Crippen molar-refractivity contribution in [3.63, 3.8) is 0 Å². The van der Waals surface area contributed by atoms with Gasteiger partial charge in [-0.3, -0.25) is 29.2 Å². The zero-order chi connectivity index (χ0) is 33.1. The van der Waals surface area contributed by atoms with Gasteiger partial charge in [0, 0.05) is 62.6 Å². The Morgan fingerprint density at radius 3 is 2.66 bits per heavy atom. The van der Waals surface area contributed by atoms with E-state index in [0.717, 1.165) is 33.5 Å². The number of nitrogens with zero attached hydrogens (tertiary/aromatic N) is 7. The molecule has 0 radical (unpaired) electrons. The molecule has 0 aliphatic carbocycles. The molecule has 2 aromatic carbocycles.